The minimum Gasteiger partial charge on any atom is -0.497 e. The predicted octanol–water partition coefficient (Wildman–Crippen LogP) is 3.14. The van der Waals surface area contributed by atoms with E-state index >= 15 is 0 Å². The first-order chi connectivity index (χ1) is 7.86. The van der Waals surface area contributed by atoms with Crippen molar-refractivity contribution in [2.45, 2.75) is 19.4 Å². The molecule has 2 N–H and O–H groups in total. The maximum Gasteiger partial charge on any atom is 0.120 e. The molecule has 3 nitrogen and oxygen atoms in total. The number of fused-ring (bicyclic) bond motifs is 1. The molecular weight excluding hydrogens is 280 g/mol. The van der Waals surface area contributed by atoms with Crippen LogP contribution in [-0.4, -0.2) is 11.7 Å². The molecule has 0 radical (unpaired) electrons. The van der Waals surface area contributed by atoms with Gasteiger partial charge in [0.25, 0.3) is 0 Å². The highest BCUT2D eigenvalue weighted by Crippen LogP contribution is 2.36. The van der Waals surface area contributed by atoms with E-state index in [0.29, 0.717) is 0 Å². The van der Waals surface area contributed by atoms with Crippen molar-refractivity contribution >= 4 is 26.8 Å². The average molecular weight is 297 g/mol. The summed E-state index contributed by atoms with van der Waals surface area (Å²) in [7, 11) is 3.70. The second-order valence-corrected chi connectivity index (χ2v) is 5.62. The van der Waals surface area contributed by atoms with E-state index in [2.05, 4.69) is 20.5 Å². The zero-order valence-corrected chi connectivity index (χ0v) is 12.1. The number of nitrogens with zero attached hydrogens (tertiary/aromatic N) is 1. The molecule has 17 heavy (non-hydrogen) atoms. The number of aryl methyl sites for hydroxylation is 1. The summed E-state index contributed by atoms with van der Waals surface area (Å²) >= 11 is 3.64. The third-order valence-electron chi connectivity index (χ3n) is 2.96. The molecule has 1 aromatic carbocycles. The van der Waals surface area contributed by atoms with Crippen molar-refractivity contribution in [3.05, 3.63) is 28.4 Å². The summed E-state index contributed by atoms with van der Waals surface area (Å²) < 4.78 is 8.43. The number of halogens is 1. The summed E-state index contributed by atoms with van der Waals surface area (Å²) in [5, 5.41) is 1.15. The fraction of sp³-hybridized carbons (Fsp3) is 0.385. The number of nitrogens with two attached hydrogens (primary N) is 1. The third kappa shape index (κ3) is 1.96. The quantitative estimate of drug-likeness (QED) is 0.925. The molecule has 0 aliphatic rings. The maximum atomic E-state index is 6.21. The Labute approximate surface area is 110 Å². The zero-order chi connectivity index (χ0) is 12.8. The van der Waals surface area contributed by atoms with Gasteiger partial charge in [0.1, 0.15) is 5.75 Å². The van der Waals surface area contributed by atoms with Crippen LogP contribution in [0.5, 0.6) is 5.75 Å². The molecule has 92 valence electrons. The molecule has 0 amide bonds. The van der Waals surface area contributed by atoms with Crippen LogP contribution >= 0.6 is 15.9 Å². The highest BCUT2D eigenvalue weighted by molar-refractivity contribution is 9.10. The highest BCUT2D eigenvalue weighted by atomic mass is 79.9. The Morgan fingerprint density at radius 1 is 1.35 bits per heavy atom. The first-order valence-corrected chi connectivity index (χ1v) is 6.27. The van der Waals surface area contributed by atoms with Gasteiger partial charge in [-0.1, -0.05) is 0 Å². The summed E-state index contributed by atoms with van der Waals surface area (Å²) in [6.45, 7) is 4.01. The van der Waals surface area contributed by atoms with Crippen molar-refractivity contribution < 1.29 is 4.74 Å². The van der Waals surface area contributed by atoms with Gasteiger partial charge in [-0.05, 0) is 41.9 Å². The lowest BCUT2D eigenvalue weighted by Crippen LogP contribution is -2.31. The van der Waals surface area contributed by atoms with Gasteiger partial charge >= 0.3 is 0 Å². The standard InChI is InChI=1S/C13H17BrN2O/c1-13(2,15)12-11(14)9-6-5-8(17-4)7-10(9)16(12)3/h5-7H,15H2,1-4H3. The first kappa shape index (κ1) is 12.5. The average Bonchev–Trinajstić information content (AvgIpc) is 2.50. The predicted molar refractivity (Wildman–Crippen MR) is 74.4 cm³/mol. The Balaban J connectivity index is 2.81. The number of benzene rings is 1. The molecular formula is C13H17BrN2O. The minimum atomic E-state index is -0.389. The normalized spacial score (nSPS) is 12.1. The van der Waals surface area contributed by atoms with Gasteiger partial charge in [-0.2, -0.15) is 0 Å². The summed E-state index contributed by atoms with van der Waals surface area (Å²) in [4.78, 5) is 0. The van der Waals surface area contributed by atoms with E-state index < -0.39 is 0 Å². The van der Waals surface area contributed by atoms with Crippen molar-refractivity contribution in [1.82, 2.24) is 4.57 Å². The maximum absolute atomic E-state index is 6.21. The fourth-order valence-electron chi connectivity index (χ4n) is 2.21. The monoisotopic (exact) mass is 296 g/mol. The molecule has 0 saturated heterocycles. The molecule has 1 heterocycles. The summed E-state index contributed by atoms with van der Waals surface area (Å²) in [5.41, 5.74) is 8.02. The second-order valence-electron chi connectivity index (χ2n) is 4.83. The fourth-order valence-corrected chi connectivity index (χ4v) is 3.32. The van der Waals surface area contributed by atoms with Gasteiger partial charge in [0.15, 0.2) is 0 Å². The molecule has 0 aliphatic heterocycles. The molecule has 1 aromatic heterocycles. The van der Waals surface area contributed by atoms with Crippen LogP contribution in [0.15, 0.2) is 22.7 Å². The zero-order valence-electron chi connectivity index (χ0n) is 10.5. The molecule has 0 spiro atoms. The number of aromatic nitrogens is 1. The molecule has 2 aromatic rings. The number of methoxy groups -OCH3 is 1. The van der Waals surface area contributed by atoms with E-state index in [1.807, 2.05) is 39.1 Å². The lowest BCUT2D eigenvalue weighted by molar-refractivity contribution is 0.415. The van der Waals surface area contributed by atoms with Crippen molar-refractivity contribution in [2.75, 3.05) is 7.11 Å². The Morgan fingerprint density at radius 3 is 2.53 bits per heavy atom. The lowest BCUT2D eigenvalue weighted by Gasteiger charge is -2.20. The van der Waals surface area contributed by atoms with Crippen LogP contribution in [0.4, 0.5) is 0 Å². The van der Waals surface area contributed by atoms with Crippen molar-refractivity contribution in [3.63, 3.8) is 0 Å². The van der Waals surface area contributed by atoms with Crippen LogP contribution in [0, 0.1) is 0 Å². The smallest absolute Gasteiger partial charge is 0.120 e. The van der Waals surface area contributed by atoms with Crippen LogP contribution in [0.1, 0.15) is 19.5 Å². The molecule has 0 saturated carbocycles. The first-order valence-electron chi connectivity index (χ1n) is 5.47. The van der Waals surface area contributed by atoms with E-state index in [1.165, 1.54) is 0 Å². The van der Waals surface area contributed by atoms with Gasteiger partial charge in [0.2, 0.25) is 0 Å². The second kappa shape index (κ2) is 4.03. The van der Waals surface area contributed by atoms with E-state index in [0.717, 1.165) is 26.8 Å². The number of hydrogen-bond donors (Lipinski definition) is 1. The highest BCUT2D eigenvalue weighted by Gasteiger charge is 2.24. The van der Waals surface area contributed by atoms with E-state index in [-0.39, 0.29) is 5.54 Å². The van der Waals surface area contributed by atoms with Gasteiger partial charge in [0.05, 0.1) is 23.9 Å². The Kier molecular flexibility index (Phi) is 2.96. The van der Waals surface area contributed by atoms with Crippen LogP contribution < -0.4 is 10.5 Å². The molecule has 4 heteroatoms. The van der Waals surface area contributed by atoms with Crippen molar-refractivity contribution in [1.29, 1.82) is 0 Å². The SMILES string of the molecule is COc1ccc2c(Br)c(C(C)(C)N)n(C)c2c1. The molecule has 0 bridgehead atoms. The number of rotatable bonds is 2. The molecule has 0 atom stereocenters. The lowest BCUT2D eigenvalue weighted by atomic mass is 10.0. The van der Waals surface area contributed by atoms with Gasteiger partial charge in [-0.3, -0.25) is 0 Å². The number of hydrogen-bond acceptors (Lipinski definition) is 2. The van der Waals surface area contributed by atoms with Gasteiger partial charge in [-0.25, -0.2) is 0 Å². The van der Waals surface area contributed by atoms with Crippen molar-refractivity contribution in [2.24, 2.45) is 12.8 Å². The van der Waals surface area contributed by atoms with Crippen molar-refractivity contribution in [3.8, 4) is 5.75 Å². The van der Waals surface area contributed by atoms with E-state index in [4.69, 9.17) is 10.5 Å². The summed E-state index contributed by atoms with van der Waals surface area (Å²) in [6.07, 6.45) is 0. The Bertz CT molecular complexity index is 567. The third-order valence-corrected chi connectivity index (χ3v) is 3.76. The van der Waals surface area contributed by atoms with Crippen LogP contribution in [-0.2, 0) is 12.6 Å². The van der Waals surface area contributed by atoms with Gasteiger partial charge in [-0.15, -0.1) is 0 Å². The molecule has 0 fully saturated rings. The van der Waals surface area contributed by atoms with E-state index in [9.17, 15) is 0 Å². The topological polar surface area (TPSA) is 40.2 Å². The summed E-state index contributed by atoms with van der Waals surface area (Å²) in [5.74, 6) is 0.854. The molecule has 0 aliphatic carbocycles. The van der Waals surface area contributed by atoms with Crippen LogP contribution in [0.25, 0.3) is 10.9 Å². The van der Waals surface area contributed by atoms with Gasteiger partial charge in [0, 0.05) is 23.0 Å². The van der Waals surface area contributed by atoms with Gasteiger partial charge < -0.3 is 15.0 Å². The molecule has 2 rings (SSSR count). The minimum absolute atomic E-state index is 0.389. The van der Waals surface area contributed by atoms with Crippen LogP contribution in [0.2, 0.25) is 0 Å². The van der Waals surface area contributed by atoms with E-state index in [1.54, 1.807) is 7.11 Å². The summed E-state index contributed by atoms with van der Waals surface area (Å²) in [6, 6.07) is 6.03. The molecule has 0 unspecified atom stereocenters. The largest absolute Gasteiger partial charge is 0.497 e. The Hall–Kier alpha value is -1.00. The number of ether oxygens (including phenoxy) is 1. The Morgan fingerprint density at radius 2 is 2.00 bits per heavy atom. The van der Waals surface area contributed by atoms with Crippen LogP contribution in [0.3, 0.4) is 0 Å².